The van der Waals surface area contributed by atoms with E-state index in [4.69, 9.17) is 16.7 Å². The molecule has 2 rings (SSSR count). The summed E-state index contributed by atoms with van der Waals surface area (Å²) >= 11 is 5.87. The van der Waals surface area contributed by atoms with Crippen LogP contribution in [0.1, 0.15) is 20.7 Å². The Labute approximate surface area is 129 Å². The molecule has 0 heterocycles. The minimum absolute atomic E-state index is 0.0182. The van der Waals surface area contributed by atoms with Crippen LogP contribution in [0.15, 0.2) is 42.5 Å². The second-order valence-corrected chi connectivity index (χ2v) is 4.63. The summed E-state index contributed by atoms with van der Waals surface area (Å²) in [6.45, 7) is 0. The Bertz CT molecular complexity index is 776. The number of halogens is 1. The number of nitrogens with one attached hydrogen (secondary N) is 1. The summed E-state index contributed by atoms with van der Waals surface area (Å²) in [5, 5.41) is 22.1. The number of aromatic carboxylic acids is 1. The first-order valence-electron chi connectivity index (χ1n) is 5.97. The summed E-state index contributed by atoms with van der Waals surface area (Å²) in [5.74, 6) is -1.91. The van der Waals surface area contributed by atoms with Gasteiger partial charge in [-0.2, -0.15) is 0 Å². The first kappa shape index (κ1) is 15.5. The standard InChI is InChI=1S/C14H9ClN2O5/c15-11-7-8(17(21)22)5-6-12(11)16-13(18)9-3-1-2-4-10(9)14(19)20/h1-7H,(H,16,18)(H,19,20). The number of hydrogen-bond donors (Lipinski definition) is 2. The maximum atomic E-state index is 12.1. The van der Waals surface area contributed by atoms with Crippen LogP contribution in [0.25, 0.3) is 0 Å². The largest absolute Gasteiger partial charge is 0.478 e. The van der Waals surface area contributed by atoms with E-state index in [1.54, 1.807) is 0 Å². The third kappa shape index (κ3) is 3.21. The van der Waals surface area contributed by atoms with E-state index in [1.165, 1.54) is 36.4 Å². The van der Waals surface area contributed by atoms with Crippen molar-refractivity contribution in [1.29, 1.82) is 0 Å². The van der Waals surface area contributed by atoms with Gasteiger partial charge in [-0.05, 0) is 18.2 Å². The average Bonchev–Trinajstić information content (AvgIpc) is 2.48. The summed E-state index contributed by atoms with van der Waals surface area (Å²) < 4.78 is 0. The van der Waals surface area contributed by atoms with Crippen LogP contribution in [-0.4, -0.2) is 21.9 Å². The van der Waals surface area contributed by atoms with Crippen molar-refractivity contribution in [3.63, 3.8) is 0 Å². The number of nitro groups is 1. The normalized spacial score (nSPS) is 10.0. The number of amides is 1. The van der Waals surface area contributed by atoms with Gasteiger partial charge >= 0.3 is 5.97 Å². The molecule has 0 spiro atoms. The molecule has 8 heteroatoms. The van der Waals surface area contributed by atoms with Crippen LogP contribution < -0.4 is 5.32 Å². The highest BCUT2D eigenvalue weighted by atomic mass is 35.5. The average molecular weight is 321 g/mol. The van der Waals surface area contributed by atoms with Gasteiger partial charge in [0.05, 0.1) is 26.8 Å². The van der Waals surface area contributed by atoms with Crippen molar-refractivity contribution in [3.05, 3.63) is 68.7 Å². The van der Waals surface area contributed by atoms with Crippen LogP contribution in [0.5, 0.6) is 0 Å². The summed E-state index contributed by atoms with van der Waals surface area (Å²) in [6.07, 6.45) is 0. The van der Waals surface area contributed by atoms with Gasteiger partial charge in [-0.3, -0.25) is 14.9 Å². The number of carbonyl (C=O) groups excluding carboxylic acids is 1. The van der Waals surface area contributed by atoms with Crippen molar-refractivity contribution < 1.29 is 19.6 Å². The van der Waals surface area contributed by atoms with Crippen molar-refractivity contribution in [1.82, 2.24) is 0 Å². The third-order valence-electron chi connectivity index (χ3n) is 2.81. The number of rotatable bonds is 4. The van der Waals surface area contributed by atoms with Crippen molar-refractivity contribution in [3.8, 4) is 0 Å². The highest BCUT2D eigenvalue weighted by molar-refractivity contribution is 6.34. The number of hydrogen-bond acceptors (Lipinski definition) is 4. The lowest BCUT2D eigenvalue weighted by molar-refractivity contribution is -0.384. The quantitative estimate of drug-likeness (QED) is 0.664. The van der Waals surface area contributed by atoms with Crippen LogP contribution in [0, 0.1) is 10.1 Å². The first-order chi connectivity index (χ1) is 10.4. The second-order valence-electron chi connectivity index (χ2n) is 4.23. The fraction of sp³-hybridized carbons (Fsp3) is 0. The van der Waals surface area contributed by atoms with Gasteiger partial charge in [0, 0.05) is 12.1 Å². The van der Waals surface area contributed by atoms with Crippen LogP contribution in [0.3, 0.4) is 0 Å². The van der Waals surface area contributed by atoms with Gasteiger partial charge in [-0.25, -0.2) is 4.79 Å². The van der Waals surface area contributed by atoms with Crippen molar-refractivity contribution in [2.24, 2.45) is 0 Å². The van der Waals surface area contributed by atoms with E-state index >= 15 is 0 Å². The second kappa shape index (κ2) is 6.23. The number of nitro benzene ring substituents is 1. The Hall–Kier alpha value is -2.93. The minimum Gasteiger partial charge on any atom is -0.478 e. The number of carboxylic acids is 1. The smallest absolute Gasteiger partial charge is 0.336 e. The van der Waals surface area contributed by atoms with E-state index in [0.717, 1.165) is 6.07 Å². The summed E-state index contributed by atoms with van der Waals surface area (Å²) in [5.41, 5.74) is -0.256. The lowest BCUT2D eigenvalue weighted by Gasteiger charge is -2.09. The van der Waals surface area contributed by atoms with E-state index in [9.17, 15) is 19.7 Å². The Morgan fingerprint density at radius 3 is 2.32 bits per heavy atom. The highest BCUT2D eigenvalue weighted by Crippen LogP contribution is 2.27. The van der Waals surface area contributed by atoms with Crippen LogP contribution in [0.4, 0.5) is 11.4 Å². The fourth-order valence-corrected chi connectivity index (χ4v) is 2.00. The Kier molecular flexibility index (Phi) is 4.38. The molecule has 2 N–H and O–H groups in total. The van der Waals surface area contributed by atoms with Crippen LogP contribution >= 0.6 is 11.6 Å². The number of non-ortho nitro benzene ring substituents is 1. The van der Waals surface area contributed by atoms with Gasteiger partial charge in [0.15, 0.2) is 0 Å². The molecule has 0 unspecified atom stereocenters. The SMILES string of the molecule is O=C(O)c1ccccc1C(=O)Nc1ccc([N+](=O)[O-])cc1Cl. The number of carbonyl (C=O) groups is 2. The van der Waals surface area contributed by atoms with Gasteiger partial charge in [0.1, 0.15) is 0 Å². The molecule has 0 fully saturated rings. The molecule has 112 valence electrons. The molecule has 22 heavy (non-hydrogen) atoms. The molecule has 7 nitrogen and oxygen atoms in total. The van der Waals surface area contributed by atoms with Crippen molar-refractivity contribution >= 4 is 34.9 Å². The third-order valence-corrected chi connectivity index (χ3v) is 3.13. The first-order valence-corrected chi connectivity index (χ1v) is 6.35. The van der Waals surface area contributed by atoms with E-state index in [1.807, 2.05) is 0 Å². The van der Waals surface area contributed by atoms with Crippen LogP contribution in [0.2, 0.25) is 5.02 Å². The predicted octanol–water partition coefficient (Wildman–Crippen LogP) is 3.20. The van der Waals surface area contributed by atoms with Gasteiger partial charge in [0.2, 0.25) is 0 Å². The van der Waals surface area contributed by atoms with Gasteiger partial charge in [0.25, 0.3) is 11.6 Å². The molecule has 0 aliphatic rings. The molecule has 0 saturated heterocycles. The maximum absolute atomic E-state index is 12.1. The molecule has 2 aromatic carbocycles. The molecule has 0 aliphatic heterocycles. The van der Waals surface area contributed by atoms with Gasteiger partial charge in [-0.15, -0.1) is 0 Å². The Morgan fingerprint density at radius 1 is 1.14 bits per heavy atom. The predicted molar refractivity (Wildman–Crippen MR) is 79.5 cm³/mol. The number of benzene rings is 2. The van der Waals surface area contributed by atoms with Crippen molar-refractivity contribution in [2.75, 3.05) is 5.32 Å². The monoisotopic (exact) mass is 320 g/mol. The summed E-state index contributed by atoms with van der Waals surface area (Å²) in [4.78, 5) is 33.2. The van der Waals surface area contributed by atoms with Gasteiger partial charge < -0.3 is 10.4 Å². The topological polar surface area (TPSA) is 110 Å². The molecule has 0 aliphatic carbocycles. The molecular weight excluding hydrogens is 312 g/mol. The molecule has 0 aromatic heterocycles. The van der Waals surface area contributed by atoms with Crippen molar-refractivity contribution in [2.45, 2.75) is 0 Å². The molecular formula is C14H9ClN2O5. The molecule has 0 atom stereocenters. The number of nitrogens with zero attached hydrogens (tertiary/aromatic N) is 1. The lowest BCUT2D eigenvalue weighted by atomic mass is 10.1. The lowest BCUT2D eigenvalue weighted by Crippen LogP contribution is -2.16. The van der Waals surface area contributed by atoms with E-state index in [-0.39, 0.29) is 27.5 Å². The van der Waals surface area contributed by atoms with Crippen LogP contribution in [-0.2, 0) is 0 Å². The number of anilines is 1. The highest BCUT2D eigenvalue weighted by Gasteiger charge is 2.17. The van der Waals surface area contributed by atoms with E-state index in [0.29, 0.717) is 0 Å². The Morgan fingerprint density at radius 2 is 1.77 bits per heavy atom. The van der Waals surface area contributed by atoms with E-state index < -0.39 is 16.8 Å². The molecule has 2 aromatic rings. The fourth-order valence-electron chi connectivity index (χ4n) is 1.78. The Balaban J connectivity index is 2.30. The summed E-state index contributed by atoms with van der Waals surface area (Å²) in [6, 6.07) is 9.25. The zero-order valence-corrected chi connectivity index (χ0v) is 11.7. The minimum atomic E-state index is -1.24. The molecule has 0 radical (unpaired) electrons. The zero-order chi connectivity index (χ0) is 16.3. The maximum Gasteiger partial charge on any atom is 0.336 e. The molecule has 0 saturated carbocycles. The van der Waals surface area contributed by atoms with Gasteiger partial charge in [-0.1, -0.05) is 23.7 Å². The summed E-state index contributed by atoms with van der Waals surface area (Å²) in [7, 11) is 0. The van der Waals surface area contributed by atoms with E-state index in [2.05, 4.69) is 5.32 Å². The zero-order valence-electron chi connectivity index (χ0n) is 10.9. The molecule has 0 bridgehead atoms. The number of carboxylic acid groups (broad SMARTS) is 1. The molecule has 1 amide bonds.